The molecular formula is C11H22N2OS. The number of hydrogen-bond donors (Lipinski definition) is 2. The SMILES string of the molecule is COCC(C)NC(=S)NC(C)C1CCC1. The van der Waals surface area contributed by atoms with Crippen LogP contribution < -0.4 is 10.6 Å². The summed E-state index contributed by atoms with van der Waals surface area (Å²) < 4.78 is 5.04. The van der Waals surface area contributed by atoms with E-state index in [0.717, 1.165) is 11.0 Å². The molecule has 0 saturated heterocycles. The van der Waals surface area contributed by atoms with Gasteiger partial charge in [-0.15, -0.1) is 0 Å². The lowest BCUT2D eigenvalue weighted by Crippen LogP contribution is -2.48. The van der Waals surface area contributed by atoms with Gasteiger partial charge in [-0.05, 0) is 44.8 Å². The maximum absolute atomic E-state index is 5.23. The van der Waals surface area contributed by atoms with E-state index < -0.39 is 0 Å². The van der Waals surface area contributed by atoms with E-state index in [9.17, 15) is 0 Å². The van der Waals surface area contributed by atoms with Crippen molar-refractivity contribution in [2.75, 3.05) is 13.7 Å². The van der Waals surface area contributed by atoms with E-state index >= 15 is 0 Å². The molecule has 0 aromatic rings. The molecule has 1 rings (SSSR count). The fraction of sp³-hybridized carbons (Fsp3) is 0.909. The van der Waals surface area contributed by atoms with Gasteiger partial charge in [0.1, 0.15) is 0 Å². The Morgan fingerprint density at radius 2 is 2.07 bits per heavy atom. The predicted octanol–water partition coefficient (Wildman–Crippen LogP) is 1.67. The van der Waals surface area contributed by atoms with Crippen LogP contribution in [0.1, 0.15) is 33.1 Å². The Bertz CT molecular complexity index is 207. The van der Waals surface area contributed by atoms with Crippen molar-refractivity contribution in [3.63, 3.8) is 0 Å². The molecule has 3 nitrogen and oxygen atoms in total. The number of rotatable bonds is 5. The first-order valence-corrected chi connectivity index (χ1v) is 6.10. The summed E-state index contributed by atoms with van der Waals surface area (Å²) in [5, 5.41) is 7.30. The van der Waals surface area contributed by atoms with Gasteiger partial charge in [0.2, 0.25) is 0 Å². The first-order chi connectivity index (χ1) is 7.13. The van der Waals surface area contributed by atoms with Gasteiger partial charge in [0.05, 0.1) is 6.61 Å². The molecule has 0 spiro atoms. The van der Waals surface area contributed by atoms with Crippen molar-refractivity contribution >= 4 is 17.3 Å². The van der Waals surface area contributed by atoms with Crippen molar-refractivity contribution in [3.05, 3.63) is 0 Å². The standard InChI is InChI=1S/C11H22N2OS/c1-8(7-14-3)12-11(15)13-9(2)10-5-4-6-10/h8-10H,4-7H2,1-3H3,(H2,12,13,15). The number of hydrogen-bond acceptors (Lipinski definition) is 2. The zero-order valence-electron chi connectivity index (χ0n) is 9.88. The smallest absolute Gasteiger partial charge is 0.166 e. The second-order valence-electron chi connectivity index (χ2n) is 4.45. The molecule has 4 heteroatoms. The van der Waals surface area contributed by atoms with E-state index in [1.54, 1.807) is 7.11 Å². The third kappa shape index (κ3) is 4.34. The van der Waals surface area contributed by atoms with E-state index in [1.165, 1.54) is 19.3 Å². The second-order valence-corrected chi connectivity index (χ2v) is 4.86. The predicted molar refractivity (Wildman–Crippen MR) is 67.0 cm³/mol. The molecule has 0 aromatic carbocycles. The number of ether oxygens (including phenoxy) is 1. The van der Waals surface area contributed by atoms with Gasteiger partial charge in [-0.25, -0.2) is 0 Å². The van der Waals surface area contributed by atoms with Crippen LogP contribution in [0.3, 0.4) is 0 Å². The Morgan fingerprint density at radius 3 is 2.53 bits per heavy atom. The monoisotopic (exact) mass is 230 g/mol. The summed E-state index contributed by atoms with van der Waals surface area (Å²) in [6.45, 7) is 4.95. The van der Waals surface area contributed by atoms with Gasteiger partial charge in [0, 0.05) is 19.2 Å². The van der Waals surface area contributed by atoms with E-state index in [0.29, 0.717) is 12.6 Å². The summed E-state index contributed by atoms with van der Waals surface area (Å²) in [6, 6.07) is 0.761. The molecule has 1 aliphatic carbocycles. The Morgan fingerprint density at radius 1 is 1.40 bits per heavy atom. The fourth-order valence-electron chi connectivity index (χ4n) is 1.82. The van der Waals surface area contributed by atoms with Crippen LogP contribution in [0.5, 0.6) is 0 Å². The lowest BCUT2D eigenvalue weighted by Gasteiger charge is -2.33. The minimum atomic E-state index is 0.267. The second kappa shape index (κ2) is 6.28. The third-order valence-electron chi connectivity index (χ3n) is 3.01. The molecule has 1 fully saturated rings. The quantitative estimate of drug-likeness (QED) is 0.704. The number of methoxy groups -OCH3 is 1. The van der Waals surface area contributed by atoms with E-state index in [1.807, 2.05) is 0 Å². The van der Waals surface area contributed by atoms with Crippen molar-refractivity contribution in [3.8, 4) is 0 Å². The summed E-state index contributed by atoms with van der Waals surface area (Å²) in [5.41, 5.74) is 0. The van der Waals surface area contributed by atoms with Gasteiger partial charge in [-0.3, -0.25) is 0 Å². The highest BCUT2D eigenvalue weighted by atomic mass is 32.1. The van der Waals surface area contributed by atoms with Crippen molar-refractivity contribution in [1.82, 2.24) is 10.6 Å². The Kier molecular flexibility index (Phi) is 5.32. The molecule has 2 atom stereocenters. The van der Waals surface area contributed by atoms with Crippen molar-refractivity contribution in [1.29, 1.82) is 0 Å². The van der Waals surface area contributed by atoms with Gasteiger partial charge >= 0.3 is 0 Å². The van der Waals surface area contributed by atoms with E-state index in [-0.39, 0.29) is 6.04 Å². The zero-order chi connectivity index (χ0) is 11.3. The molecule has 0 bridgehead atoms. The van der Waals surface area contributed by atoms with Crippen molar-refractivity contribution in [2.24, 2.45) is 5.92 Å². The van der Waals surface area contributed by atoms with E-state index in [2.05, 4.69) is 24.5 Å². The van der Waals surface area contributed by atoms with Crippen LogP contribution in [-0.2, 0) is 4.74 Å². The Labute approximate surface area is 98.0 Å². The summed E-state index contributed by atoms with van der Waals surface area (Å²) in [5.74, 6) is 0.808. The minimum Gasteiger partial charge on any atom is -0.383 e. The highest BCUT2D eigenvalue weighted by molar-refractivity contribution is 7.80. The summed E-state index contributed by atoms with van der Waals surface area (Å²) in [4.78, 5) is 0. The number of nitrogens with one attached hydrogen (secondary N) is 2. The molecule has 0 radical (unpaired) electrons. The summed E-state index contributed by atoms with van der Waals surface area (Å²) in [6.07, 6.45) is 4.05. The van der Waals surface area contributed by atoms with Crippen LogP contribution in [0.15, 0.2) is 0 Å². The van der Waals surface area contributed by atoms with Crippen LogP contribution in [0, 0.1) is 5.92 Å². The average Bonchev–Trinajstić information content (AvgIpc) is 1.99. The molecule has 15 heavy (non-hydrogen) atoms. The lowest BCUT2D eigenvalue weighted by atomic mass is 9.80. The Hall–Kier alpha value is -0.350. The molecule has 0 heterocycles. The third-order valence-corrected chi connectivity index (χ3v) is 3.25. The molecular weight excluding hydrogens is 208 g/mol. The average molecular weight is 230 g/mol. The van der Waals surface area contributed by atoms with Gasteiger partial charge in [-0.2, -0.15) is 0 Å². The molecule has 2 N–H and O–H groups in total. The lowest BCUT2D eigenvalue weighted by molar-refractivity contribution is 0.178. The van der Waals surface area contributed by atoms with Gasteiger partial charge in [0.15, 0.2) is 5.11 Å². The van der Waals surface area contributed by atoms with Gasteiger partial charge < -0.3 is 15.4 Å². The first kappa shape index (κ1) is 12.7. The van der Waals surface area contributed by atoms with Crippen LogP contribution in [0.25, 0.3) is 0 Å². The normalized spacial score (nSPS) is 20.2. The van der Waals surface area contributed by atoms with Gasteiger partial charge in [-0.1, -0.05) is 6.42 Å². The highest BCUT2D eigenvalue weighted by Crippen LogP contribution is 2.29. The van der Waals surface area contributed by atoms with E-state index in [4.69, 9.17) is 17.0 Å². The summed E-state index contributed by atoms with van der Waals surface area (Å²) >= 11 is 5.23. The maximum Gasteiger partial charge on any atom is 0.166 e. The first-order valence-electron chi connectivity index (χ1n) is 5.69. The van der Waals surface area contributed by atoms with Crippen LogP contribution in [0.2, 0.25) is 0 Å². The fourth-order valence-corrected chi connectivity index (χ4v) is 2.21. The van der Waals surface area contributed by atoms with Crippen LogP contribution >= 0.6 is 12.2 Å². The van der Waals surface area contributed by atoms with Gasteiger partial charge in [0.25, 0.3) is 0 Å². The largest absolute Gasteiger partial charge is 0.383 e. The van der Waals surface area contributed by atoms with Crippen LogP contribution in [-0.4, -0.2) is 30.9 Å². The molecule has 1 aliphatic rings. The van der Waals surface area contributed by atoms with Crippen LogP contribution in [0.4, 0.5) is 0 Å². The number of thiocarbonyl (C=S) groups is 1. The molecule has 1 saturated carbocycles. The van der Waals surface area contributed by atoms with Crippen molar-refractivity contribution < 1.29 is 4.74 Å². The van der Waals surface area contributed by atoms with Crippen molar-refractivity contribution in [2.45, 2.75) is 45.2 Å². The topological polar surface area (TPSA) is 33.3 Å². The molecule has 0 aliphatic heterocycles. The molecule has 88 valence electrons. The molecule has 0 amide bonds. The molecule has 2 unspecified atom stereocenters. The highest BCUT2D eigenvalue weighted by Gasteiger charge is 2.24. The minimum absolute atomic E-state index is 0.267. The molecule has 0 aromatic heterocycles. The zero-order valence-corrected chi connectivity index (χ0v) is 10.7. The Balaban J connectivity index is 2.16. The maximum atomic E-state index is 5.23. The summed E-state index contributed by atoms with van der Waals surface area (Å²) in [7, 11) is 1.70.